The number of ether oxygens (including phenoxy) is 2. The lowest BCUT2D eigenvalue weighted by Crippen LogP contribution is -2.53. The number of carbonyl (C=O) groups is 1. The molecule has 2 aromatic rings. The Hall–Kier alpha value is -2.78. The minimum Gasteiger partial charge on any atom is -0.488 e. The molecule has 6 nitrogen and oxygen atoms in total. The molecule has 4 atom stereocenters. The summed E-state index contributed by atoms with van der Waals surface area (Å²) in [6.45, 7) is 5.84. The zero-order valence-electron chi connectivity index (χ0n) is 20.4. The summed E-state index contributed by atoms with van der Waals surface area (Å²) in [6.07, 6.45) is -6.08. The summed E-state index contributed by atoms with van der Waals surface area (Å²) >= 11 is 0. The highest BCUT2D eigenvalue weighted by molar-refractivity contribution is 5.68. The van der Waals surface area contributed by atoms with Crippen molar-refractivity contribution in [1.82, 2.24) is 10.2 Å². The second-order valence-corrected chi connectivity index (χ2v) is 9.87. The van der Waals surface area contributed by atoms with E-state index in [9.17, 15) is 23.1 Å². The molecule has 0 unspecified atom stereocenters. The van der Waals surface area contributed by atoms with Gasteiger partial charge in [-0.05, 0) is 58.0 Å². The predicted molar refractivity (Wildman–Crippen MR) is 126 cm³/mol. The molecule has 1 amide bonds. The number of alkyl halides is 3. The van der Waals surface area contributed by atoms with E-state index in [0.717, 1.165) is 24.1 Å². The van der Waals surface area contributed by atoms with Crippen LogP contribution in [0.4, 0.5) is 18.0 Å². The highest BCUT2D eigenvalue weighted by atomic mass is 19.4. The van der Waals surface area contributed by atoms with Crippen molar-refractivity contribution in [3.63, 3.8) is 0 Å². The molecule has 1 aliphatic rings. The van der Waals surface area contributed by atoms with E-state index in [-0.39, 0.29) is 12.2 Å². The van der Waals surface area contributed by atoms with Crippen molar-refractivity contribution < 1.29 is 32.5 Å². The average molecular weight is 495 g/mol. The molecule has 0 bridgehead atoms. The lowest BCUT2D eigenvalue weighted by molar-refractivity contribution is -0.137. The summed E-state index contributed by atoms with van der Waals surface area (Å²) in [6, 6.07) is 13.4. The first-order valence-corrected chi connectivity index (χ1v) is 11.6. The number of benzene rings is 2. The Labute approximate surface area is 204 Å². The van der Waals surface area contributed by atoms with E-state index >= 15 is 0 Å². The van der Waals surface area contributed by atoms with E-state index in [0.29, 0.717) is 6.54 Å². The van der Waals surface area contributed by atoms with Gasteiger partial charge in [0, 0.05) is 13.0 Å². The van der Waals surface area contributed by atoms with Gasteiger partial charge >= 0.3 is 12.3 Å². The first-order valence-electron chi connectivity index (χ1n) is 11.6. The lowest BCUT2D eigenvalue weighted by atomic mass is 10.1. The number of nitrogens with zero attached hydrogens (tertiary/aromatic N) is 1. The predicted octanol–water partition coefficient (Wildman–Crippen LogP) is 4.65. The van der Waals surface area contributed by atoms with E-state index in [1.54, 1.807) is 20.8 Å². The standard InChI is InChI=1S/C26H33F3N2O4/c1-25(2,3)35-24(33)30-20-16-21(34-19-12-8-11-18(15-19)26(27,28)29)23(32)22(20)31(4)14-13-17-9-6-5-7-10-17/h5-12,15,20-23,32H,13-14,16H2,1-4H3,(H,30,33)/t20-,21-,22+,23+/m0/s1. The number of likely N-dealkylation sites (N-methyl/N-ethyl adjacent to an activating group) is 1. The summed E-state index contributed by atoms with van der Waals surface area (Å²) in [5.41, 5.74) is -0.410. The van der Waals surface area contributed by atoms with Crippen molar-refractivity contribution in [1.29, 1.82) is 0 Å². The van der Waals surface area contributed by atoms with Gasteiger partial charge in [-0.3, -0.25) is 4.90 Å². The van der Waals surface area contributed by atoms with Crippen LogP contribution >= 0.6 is 0 Å². The molecular weight excluding hydrogens is 461 g/mol. The smallest absolute Gasteiger partial charge is 0.416 e. The summed E-state index contributed by atoms with van der Waals surface area (Å²) in [5.74, 6) is 0.00693. The van der Waals surface area contributed by atoms with Crippen LogP contribution in [0.25, 0.3) is 0 Å². The molecule has 1 saturated carbocycles. The van der Waals surface area contributed by atoms with E-state index in [1.807, 2.05) is 42.3 Å². The Morgan fingerprint density at radius 1 is 1.11 bits per heavy atom. The fourth-order valence-corrected chi connectivity index (χ4v) is 4.30. The lowest BCUT2D eigenvalue weighted by Gasteiger charge is -2.32. The molecule has 0 heterocycles. The minimum absolute atomic E-state index is 0.00693. The molecule has 192 valence electrons. The molecular formula is C26H33F3N2O4. The van der Waals surface area contributed by atoms with Gasteiger partial charge < -0.3 is 19.9 Å². The van der Waals surface area contributed by atoms with Crippen LogP contribution in [-0.4, -0.2) is 59.6 Å². The zero-order chi connectivity index (χ0) is 25.8. The monoisotopic (exact) mass is 494 g/mol. The van der Waals surface area contributed by atoms with Gasteiger partial charge in [-0.15, -0.1) is 0 Å². The van der Waals surface area contributed by atoms with Crippen molar-refractivity contribution in [3.8, 4) is 5.75 Å². The SMILES string of the molecule is CN(CCc1ccccc1)[C@H]1[C@H](O)[C@@H](Oc2cccc(C(F)(F)F)c2)C[C@@H]1NC(=O)OC(C)(C)C. The van der Waals surface area contributed by atoms with Crippen molar-refractivity contribution in [3.05, 3.63) is 65.7 Å². The number of nitrogens with one attached hydrogen (secondary N) is 1. The first kappa shape index (κ1) is 26.8. The van der Waals surface area contributed by atoms with E-state index in [4.69, 9.17) is 9.47 Å². The van der Waals surface area contributed by atoms with Gasteiger partial charge in [0.1, 0.15) is 23.6 Å². The Balaban J connectivity index is 1.76. The molecule has 9 heteroatoms. The third kappa shape index (κ3) is 7.60. The second-order valence-electron chi connectivity index (χ2n) is 9.87. The summed E-state index contributed by atoms with van der Waals surface area (Å²) < 4.78 is 50.5. The molecule has 2 N–H and O–H groups in total. The molecule has 1 aliphatic carbocycles. The molecule has 0 saturated heterocycles. The number of rotatable bonds is 7. The maximum atomic E-state index is 13.1. The van der Waals surface area contributed by atoms with Crippen molar-refractivity contribution in [2.45, 2.75) is 69.7 Å². The Morgan fingerprint density at radius 2 is 1.80 bits per heavy atom. The molecule has 3 rings (SSSR count). The Morgan fingerprint density at radius 3 is 2.43 bits per heavy atom. The van der Waals surface area contributed by atoms with Gasteiger partial charge in [-0.25, -0.2) is 4.79 Å². The van der Waals surface area contributed by atoms with Crippen LogP contribution in [0.5, 0.6) is 5.75 Å². The molecule has 35 heavy (non-hydrogen) atoms. The van der Waals surface area contributed by atoms with Gasteiger partial charge in [0.2, 0.25) is 0 Å². The fraction of sp³-hybridized carbons (Fsp3) is 0.500. The topological polar surface area (TPSA) is 71.0 Å². The van der Waals surface area contributed by atoms with Crippen LogP contribution in [0.1, 0.15) is 38.3 Å². The molecule has 0 radical (unpaired) electrons. The number of carbonyl (C=O) groups excluding carboxylic acids is 1. The zero-order valence-corrected chi connectivity index (χ0v) is 20.4. The molecule has 0 aromatic heterocycles. The maximum absolute atomic E-state index is 13.1. The van der Waals surface area contributed by atoms with Gasteiger partial charge in [0.05, 0.1) is 17.6 Å². The molecule has 0 spiro atoms. The van der Waals surface area contributed by atoms with Crippen LogP contribution in [0, 0.1) is 0 Å². The summed E-state index contributed by atoms with van der Waals surface area (Å²) in [4.78, 5) is 14.4. The van der Waals surface area contributed by atoms with Crippen molar-refractivity contribution in [2.75, 3.05) is 13.6 Å². The first-order chi connectivity index (χ1) is 16.3. The van der Waals surface area contributed by atoms with E-state index in [1.165, 1.54) is 12.1 Å². The van der Waals surface area contributed by atoms with Crippen molar-refractivity contribution in [2.24, 2.45) is 0 Å². The third-order valence-electron chi connectivity index (χ3n) is 5.89. The third-order valence-corrected chi connectivity index (χ3v) is 5.89. The van der Waals surface area contributed by atoms with Crippen LogP contribution in [0.3, 0.4) is 0 Å². The molecule has 2 aromatic carbocycles. The van der Waals surface area contributed by atoms with E-state index < -0.39 is 47.7 Å². The van der Waals surface area contributed by atoms with Crippen molar-refractivity contribution >= 4 is 6.09 Å². The number of hydrogen-bond acceptors (Lipinski definition) is 5. The largest absolute Gasteiger partial charge is 0.488 e. The second kappa shape index (κ2) is 10.9. The van der Waals surface area contributed by atoms with Crippen LogP contribution in [-0.2, 0) is 17.3 Å². The fourth-order valence-electron chi connectivity index (χ4n) is 4.30. The maximum Gasteiger partial charge on any atom is 0.416 e. The Bertz CT molecular complexity index is 979. The molecule has 1 fully saturated rings. The average Bonchev–Trinajstić information content (AvgIpc) is 3.05. The number of halogens is 3. The Kier molecular flexibility index (Phi) is 8.33. The van der Waals surface area contributed by atoms with Crippen LogP contribution in [0.15, 0.2) is 54.6 Å². The normalized spacial score (nSPS) is 22.8. The van der Waals surface area contributed by atoms with Gasteiger partial charge in [0.25, 0.3) is 0 Å². The number of amides is 1. The highest BCUT2D eigenvalue weighted by Crippen LogP contribution is 2.34. The number of hydrogen-bond donors (Lipinski definition) is 2. The number of aliphatic hydroxyl groups is 1. The highest BCUT2D eigenvalue weighted by Gasteiger charge is 2.47. The van der Waals surface area contributed by atoms with Gasteiger partial charge in [0.15, 0.2) is 0 Å². The van der Waals surface area contributed by atoms with Crippen LogP contribution in [0.2, 0.25) is 0 Å². The van der Waals surface area contributed by atoms with Crippen LogP contribution < -0.4 is 10.1 Å². The summed E-state index contributed by atoms with van der Waals surface area (Å²) in [7, 11) is 1.84. The van der Waals surface area contributed by atoms with E-state index in [2.05, 4.69) is 5.32 Å². The van der Waals surface area contributed by atoms with Gasteiger partial charge in [-0.2, -0.15) is 13.2 Å². The molecule has 0 aliphatic heterocycles. The minimum atomic E-state index is -4.51. The quantitative estimate of drug-likeness (QED) is 0.586. The summed E-state index contributed by atoms with van der Waals surface area (Å²) in [5, 5.41) is 14.0. The number of alkyl carbamates (subject to hydrolysis) is 1. The van der Waals surface area contributed by atoms with Gasteiger partial charge in [-0.1, -0.05) is 36.4 Å². The number of aliphatic hydroxyl groups excluding tert-OH is 1.